The summed E-state index contributed by atoms with van der Waals surface area (Å²) in [6.45, 7) is 5.56. The van der Waals surface area contributed by atoms with Crippen molar-refractivity contribution in [2.24, 2.45) is 5.92 Å². The van der Waals surface area contributed by atoms with Crippen LogP contribution in [-0.4, -0.2) is 12.6 Å². The van der Waals surface area contributed by atoms with Crippen molar-refractivity contribution in [2.45, 2.75) is 26.3 Å². The molecule has 0 fully saturated rings. The fourth-order valence-corrected chi connectivity index (χ4v) is 1.28. The minimum Gasteiger partial charge on any atom is -0.310 e. The van der Waals surface area contributed by atoms with E-state index in [1.54, 1.807) is 0 Å². The summed E-state index contributed by atoms with van der Waals surface area (Å²) in [6, 6.07) is 0.556. The summed E-state index contributed by atoms with van der Waals surface area (Å²) < 4.78 is 0. The van der Waals surface area contributed by atoms with Crippen LogP contribution >= 0.6 is 0 Å². The zero-order valence-corrected chi connectivity index (χ0v) is 7.38. The lowest BCUT2D eigenvalue weighted by molar-refractivity contribution is 0.495. The third kappa shape index (κ3) is 2.51. The normalized spacial score (nSPS) is 29.3. The molecule has 0 heterocycles. The van der Waals surface area contributed by atoms with Gasteiger partial charge in [-0.1, -0.05) is 38.2 Å². The van der Waals surface area contributed by atoms with Gasteiger partial charge in [0.1, 0.15) is 0 Å². The highest BCUT2D eigenvalue weighted by Crippen LogP contribution is 2.10. The van der Waals surface area contributed by atoms with E-state index < -0.39 is 0 Å². The minimum absolute atomic E-state index is 0.556. The standard InChI is InChI=1S/C10H17N/c1-3-8-11-10-7-5-4-6-9(10)2/h4-7,9-11H,3,8H2,1-2H3/t9-,10+/m1/s1. The Morgan fingerprint density at radius 1 is 1.27 bits per heavy atom. The smallest absolute Gasteiger partial charge is 0.0313 e. The van der Waals surface area contributed by atoms with Gasteiger partial charge in [-0.05, 0) is 18.9 Å². The highest BCUT2D eigenvalue weighted by Gasteiger charge is 2.11. The maximum absolute atomic E-state index is 3.48. The fourth-order valence-electron chi connectivity index (χ4n) is 1.28. The molecular weight excluding hydrogens is 134 g/mol. The Balaban J connectivity index is 2.33. The highest BCUT2D eigenvalue weighted by atomic mass is 14.9. The molecule has 0 aromatic rings. The molecule has 1 aliphatic carbocycles. The van der Waals surface area contributed by atoms with Gasteiger partial charge in [0.05, 0.1) is 0 Å². The van der Waals surface area contributed by atoms with E-state index in [0.717, 1.165) is 6.54 Å². The van der Waals surface area contributed by atoms with Crippen molar-refractivity contribution in [1.82, 2.24) is 5.32 Å². The van der Waals surface area contributed by atoms with Crippen molar-refractivity contribution in [3.8, 4) is 0 Å². The summed E-state index contributed by atoms with van der Waals surface area (Å²) in [5, 5.41) is 3.48. The van der Waals surface area contributed by atoms with E-state index in [2.05, 4.69) is 43.5 Å². The molecule has 0 amide bonds. The molecule has 0 saturated heterocycles. The molecule has 0 aromatic heterocycles. The van der Waals surface area contributed by atoms with Gasteiger partial charge in [0, 0.05) is 6.04 Å². The fraction of sp³-hybridized carbons (Fsp3) is 0.600. The van der Waals surface area contributed by atoms with Crippen LogP contribution in [-0.2, 0) is 0 Å². The maximum atomic E-state index is 3.48. The second-order valence-corrected chi connectivity index (χ2v) is 3.11. The van der Waals surface area contributed by atoms with Crippen LogP contribution in [0, 0.1) is 5.92 Å². The van der Waals surface area contributed by atoms with Crippen LogP contribution < -0.4 is 5.32 Å². The van der Waals surface area contributed by atoms with E-state index in [9.17, 15) is 0 Å². The van der Waals surface area contributed by atoms with E-state index in [0.29, 0.717) is 12.0 Å². The van der Waals surface area contributed by atoms with Crippen LogP contribution in [0.15, 0.2) is 24.3 Å². The molecule has 62 valence electrons. The van der Waals surface area contributed by atoms with Crippen molar-refractivity contribution < 1.29 is 0 Å². The van der Waals surface area contributed by atoms with Crippen molar-refractivity contribution >= 4 is 0 Å². The Morgan fingerprint density at radius 2 is 2.00 bits per heavy atom. The van der Waals surface area contributed by atoms with E-state index >= 15 is 0 Å². The molecular formula is C10H17N. The highest BCUT2D eigenvalue weighted by molar-refractivity contribution is 5.16. The molecule has 11 heavy (non-hydrogen) atoms. The van der Waals surface area contributed by atoms with Gasteiger partial charge >= 0.3 is 0 Å². The first-order valence-electron chi connectivity index (χ1n) is 4.43. The zero-order valence-electron chi connectivity index (χ0n) is 7.38. The Kier molecular flexibility index (Phi) is 3.37. The molecule has 0 unspecified atom stereocenters. The molecule has 2 atom stereocenters. The van der Waals surface area contributed by atoms with E-state index in [-0.39, 0.29) is 0 Å². The molecule has 1 heteroatoms. The van der Waals surface area contributed by atoms with Gasteiger partial charge in [-0.15, -0.1) is 0 Å². The number of allylic oxidation sites excluding steroid dienone is 2. The predicted molar refractivity (Wildman–Crippen MR) is 49.5 cm³/mol. The van der Waals surface area contributed by atoms with Gasteiger partial charge in [0.15, 0.2) is 0 Å². The summed E-state index contributed by atoms with van der Waals surface area (Å²) in [4.78, 5) is 0. The van der Waals surface area contributed by atoms with Crippen molar-refractivity contribution in [3.05, 3.63) is 24.3 Å². The Morgan fingerprint density at radius 3 is 2.64 bits per heavy atom. The lowest BCUT2D eigenvalue weighted by atomic mass is 9.97. The van der Waals surface area contributed by atoms with Gasteiger partial charge in [-0.25, -0.2) is 0 Å². The van der Waals surface area contributed by atoms with E-state index in [4.69, 9.17) is 0 Å². The molecule has 1 nitrogen and oxygen atoms in total. The SMILES string of the molecule is CCCN[C@H]1C=CC=C[C@H]1C. The summed E-state index contributed by atoms with van der Waals surface area (Å²) in [5.41, 5.74) is 0. The van der Waals surface area contributed by atoms with Gasteiger partial charge in [0.2, 0.25) is 0 Å². The first-order valence-corrected chi connectivity index (χ1v) is 4.43. The first kappa shape index (κ1) is 8.54. The monoisotopic (exact) mass is 151 g/mol. The average molecular weight is 151 g/mol. The molecule has 0 bridgehead atoms. The molecule has 0 aromatic carbocycles. The Hall–Kier alpha value is -0.560. The molecule has 1 rings (SSSR count). The van der Waals surface area contributed by atoms with Crippen LogP contribution in [0.1, 0.15) is 20.3 Å². The molecule has 0 radical (unpaired) electrons. The Bertz CT molecular complexity index is 158. The summed E-state index contributed by atoms with van der Waals surface area (Å²) >= 11 is 0. The van der Waals surface area contributed by atoms with Crippen LogP contribution in [0.5, 0.6) is 0 Å². The second kappa shape index (κ2) is 4.35. The molecule has 0 saturated carbocycles. The van der Waals surface area contributed by atoms with Crippen molar-refractivity contribution in [3.63, 3.8) is 0 Å². The van der Waals surface area contributed by atoms with Crippen molar-refractivity contribution in [1.29, 1.82) is 0 Å². The number of rotatable bonds is 3. The van der Waals surface area contributed by atoms with Gasteiger partial charge in [-0.2, -0.15) is 0 Å². The van der Waals surface area contributed by atoms with E-state index in [1.807, 2.05) is 0 Å². The third-order valence-electron chi connectivity index (χ3n) is 2.04. The van der Waals surface area contributed by atoms with Crippen LogP contribution in [0.25, 0.3) is 0 Å². The lowest BCUT2D eigenvalue weighted by Crippen LogP contribution is -2.33. The van der Waals surface area contributed by atoms with Crippen molar-refractivity contribution in [2.75, 3.05) is 6.54 Å². The Labute approximate surface area is 69.2 Å². The molecule has 1 aliphatic rings. The van der Waals surface area contributed by atoms with Gasteiger partial charge < -0.3 is 5.32 Å². The lowest BCUT2D eigenvalue weighted by Gasteiger charge is -2.21. The molecule has 0 aliphatic heterocycles. The maximum Gasteiger partial charge on any atom is 0.0313 e. The average Bonchev–Trinajstić information content (AvgIpc) is 2.03. The second-order valence-electron chi connectivity index (χ2n) is 3.11. The number of nitrogens with one attached hydrogen (secondary N) is 1. The number of hydrogen-bond donors (Lipinski definition) is 1. The summed E-state index contributed by atoms with van der Waals surface area (Å²) in [7, 11) is 0. The topological polar surface area (TPSA) is 12.0 Å². The minimum atomic E-state index is 0.556. The van der Waals surface area contributed by atoms with Gasteiger partial charge in [0.25, 0.3) is 0 Å². The van der Waals surface area contributed by atoms with Crippen LogP contribution in [0.3, 0.4) is 0 Å². The largest absolute Gasteiger partial charge is 0.310 e. The van der Waals surface area contributed by atoms with Gasteiger partial charge in [-0.3, -0.25) is 0 Å². The third-order valence-corrected chi connectivity index (χ3v) is 2.04. The predicted octanol–water partition coefficient (Wildman–Crippen LogP) is 2.12. The summed E-state index contributed by atoms with van der Waals surface area (Å²) in [6.07, 6.45) is 9.93. The number of hydrogen-bond acceptors (Lipinski definition) is 1. The molecule has 1 N–H and O–H groups in total. The zero-order chi connectivity index (χ0) is 8.10. The molecule has 0 spiro atoms. The quantitative estimate of drug-likeness (QED) is 0.651. The van der Waals surface area contributed by atoms with Crippen LogP contribution in [0.2, 0.25) is 0 Å². The van der Waals surface area contributed by atoms with E-state index in [1.165, 1.54) is 6.42 Å². The van der Waals surface area contributed by atoms with Crippen LogP contribution in [0.4, 0.5) is 0 Å². The first-order chi connectivity index (χ1) is 5.34. The summed E-state index contributed by atoms with van der Waals surface area (Å²) in [5.74, 6) is 0.645.